The van der Waals surface area contributed by atoms with Crippen LogP contribution in [0.25, 0.3) is 0 Å². The van der Waals surface area contributed by atoms with E-state index < -0.39 is 0 Å². The summed E-state index contributed by atoms with van der Waals surface area (Å²) in [6.07, 6.45) is 0.287. The van der Waals surface area contributed by atoms with E-state index in [2.05, 4.69) is 0 Å². The second-order valence-corrected chi connectivity index (χ2v) is 4.33. The standard InChI is InChI=1S/C14H9ClO3/c15-10-5-1-2-6-11(10)17-12-7-3-4-9-8-13(16)18-14(9)12/h1-7H,8H2. The van der Waals surface area contributed by atoms with Gasteiger partial charge in [-0.05, 0) is 18.2 Å². The molecule has 0 N–H and O–H groups in total. The molecule has 3 rings (SSSR count). The molecule has 0 spiro atoms. The highest BCUT2D eigenvalue weighted by atomic mass is 35.5. The molecule has 1 aliphatic rings. The van der Waals surface area contributed by atoms with Gasteiger partial charge in [0, 0.05) is 5.56 Å². The number of fused-ring (bicyclic) bond motifs is 1. The van der Waals surface area contributed by atoms with Crippen molar-refractivity contribution in [1.82, 2.24) is 0 Å². The average molecular weight is 261 g/mol. The maximum atomic E-state index is 11.3. The van der Waals surface area contributed by atoms with Crippen molar-refractivity contribution in [2.45, 2.75) is 6.42 Å². The Morgan fingerprint density at radius 3 is 2.67 bits per heavy atom. The lowest BCUT2D eigenvalue weighted by molar-refractivity contribution is -0.131. The second-order valence-electron chi connectivity index (χ2n) is 3.93. The van der Waals surface area contributed by atoms with Gasteiger partial charge in [0.1, 0.15) is 5.75 Å². The molecule has 0 radical (unpaired) electrons. The van der Waals surface area contributed by atoms with Gasteiger partial charge in [0.25, 0.3) is 0 Å². The van der Waals surface area contributed by atoms with Crippen molar-refractivity contribution in [2.24, 2.45) is 0 Å². The molecule has 3 nitrogen and oxygen atoms in total. The molecule has 0 fully saturated rings. The Morgan fingerprint density at radius 1 is 1.06 bits per heavy atom. The molecule has 0 unspecified atom stereocenters. The molecular weight excluding hydrogens is 252 g/mol. The molecular formula is C14H9ClO3. The van der Waals surface area contributed by atoms with Crippen molar-refractivity contribution in [3.63, 3.8) is 0 Å². The minimum atomic E-state index is -0.264. The SMILES string of the molecule is O=C1Cc2cccc(Oc3ccccc3Cl)c2O1. The zero-order valence-corrected chi connectivity index (χ0v) is 10.1. The van der Waals surface area contributed by atoms with E-state index in [0.717, 1.165) is 5.56 Å². The number of hydrogen-bond acceptors (Lipinski definition) is 3. The third kappa shape index (κ3) is 1.93. The average Bonchev–Trinajstić information content (AvgIpc) is 2.73. The number of benzene rings is 2. The number of esters is 1. The Labute approximate surface area is 109 Å². The van der Waals surface area contributed by atoms with E-state index in [-0.39, 0.29) is 12.4 Å². The monoisotopic (exact) mass is 260 g/mol. The van der Waals surface area contributed by atoms with Crippen LogP contribution in [0, 0.1) is 0 Å². The largest absolute Gasteiger partial charge is 0.452 e. The topological polar surface area (TPSA) is 35.5 Å². The predicted octanol–water partition coefficient (Wildman–Crippen LogP) is 3.59. The summed E-state index contributed by atoms with van der Waals surface area (Å²) in [5.74, 6) is 1.27. The molecule has 2 aromatic carbocycles. The van der Waals surface area contributed by atoms with E-state index in [4.69, 9.17) is 21.1 Å². The van der Waals surface area contributed by atoms with Crippen molar-refractivity contribution < 1.29 is 14.3 Å². The number of para-hydroxylation sites is 2. The van der Waals surface area contributed by atoms with Crippen LogP contribution in [0.4, 0.5) is 0 Å². The normalized spacial score (nSPS) is 13.1. The van der Waals surface area contributed by atoms with Gasteiger partial charge in [-0.2, -0.15) is 0 Å². The Morgan fingerprint density at radius 2 is 1.83 bits per heavy atom. The van der Waals surface area contributed by atoms with Gasteiger partial charge in [0.05, 0.1) is 11.4 Å². The first kappa shape index (κ1) is 11.1. The Kier molecular flexibility index (Phi) is 2.68. The van der Waals surface area contributed by atoms with Crippen molar-refractivity contribution in [1.29, 1.82) is 0 Å². The van der Waals surface area contributed by atoms with E-state index in [1.807, 2.05) is 24.3 Å². The van der Waals surface area contributed by atoms with E-state index in [9.17, 15) is 4.79 Å². The van der Waals surface area contributed by atoms with E-state index in [1.165, 1.54) is 0 Å². The van der Waals surface area contributed by atoms with Crippen LogP contribution in [0.3, 0.4) is 0 Å². The summed E-state index contributed by atoms with van der Waals surface area (Å²) in [4.78, 5) is 11.3. The van der Waals surface area contributed by atoms with Gasteiger partial charge >= 0.3 is 5.97 Å². The van der Waals surface area contributed by atoms with Crippen molar-refractivity contribution in [2.75, 3.05) is 0 Å². The zero-order valence-electron chi connectivity index (χ0n) is 9.35. The number of carbonyl (C=O) groups is 1. The highest BCUT2D eigenvalue weighted by Crippen LogP contribution is 2.39. The molecule has 90 valence electrons. The third-order valence-corrected chi connectivity index (χ3v) is 2.98. The van der Waals surface area contributed by atoms with Crippen LogP contribution in [-0.2, 0) is 11.2 Å². The summed E-state index contributed by atoms with van der Waals surface area (Å²) in [6, 6.07) is 12.6. The van der Waals surface area contributed by atoms with Crippen LogP contribution in [0.5, 0.6) is 17.2 Å². The summed E-state index contributed by atoms with van der Waals surface area (Å²) in [5, 5.41) is 0.513. The number of rotatable bonds is 2. The molecule has 4 heteroatoms. The van der Waals surface area contributed by atoms with Crippen LogP contribution in [-0.4, -0.2) is 5.97 Å². The van der Waals surface area contributed by atoms with E-state index >= 15 is 0 Å². The van der Waals surface area contributed by atoms with Crippen LogP contribution in [0.15, 0.2) is 42.5 Å². The Bertz CT molecular complexity index is 622. The lowest BCUT2D eigenvalue weighted by Crippen LogP contribution is -2.00. The van der Waals surface area contributed by atoms with Gasteiger partial charge in [-0.3, -0.25) is 4.79 Å². The fourth-order valence-electron chi connectivity index (χ4n) is 1.85. The molecule has 0 aliphatic carbocycles. The zero-order chi connectivity index (χ0) is 12.5. The highest BCUT2D eigenvalue weighted by molar-refractivity contribution is 6.32. The van der Waals surface area contributed by atoms with E-state index in [0.29, 0.717) is 22.3 Å². The lowest BCUT2D eigenvalue weighted by atomic mass is 10.1. The van der Waals surface area contributed by atoms with Crippen LogP contribution in [0.2, 0.25) is 5.02 Å². The minimum absolute atomic E-state index is 0.264. The van der Waals surface area contributed by atoms with E-state index in [1.54, 1.807) is 18.2 Å². The molecule has 2 aromatic rings. The van der Waals surface area contributed by atoms with Gasteiger partial charge in [0.2, 0.25) is 0 Å². The predicted molar refractivity (Wildman–Crippen MR) is 67.3 cm³/mol. The third-order valence-electron chi connectivity index (χ3n) is 2.67. The fraction of sp³-hybridized carbons (Fsp3) is 0.0714. The summed E-state index contributed by atoms with van der Waals surface area (Å²) in [7, 11) is 0. The van der Waals surface area contributed by atoms with Gasteiger partial charge in [-0.15, -0.1) is 0 Å². The van der Waals surface area contributed by atoms with Crippen LogP contribution in [0.1, 0.15) is 5.56 Å². The van der Waals surface area contributed by atoms with Gasteiger partial charge < -0.3 is 9.47 Å². The van der Waals surface area contributed by atoms with Gasteiger partial charge in [0.15, 0.2) is 11.5 Å². The molecule has 0 amide bonds. The number of halogens is 1. The fourth-order valence-corrected chi connectivity index (χ4v) is 2.02. The second kappa shape index (κ2) is 4.35. The Balaban J connectivity index is 1.98. The molecule has 1 aliphatic heterocycles. The molecule has 0 saturated heterocycles. The number of hydrogen-bond donors (Lipinski definition) is 0. The highest BCUT2D eigenvalue weighted by Gasteiger charge is 2.24. The summed E-state index contributed by atoms with van der Waals surface area (Å²) in [6.45, 7) is 0. The van der Waals surface area contributed by atoms with Gasteiger partial charge in [-0.1, -0.05) is 35.9 Å². The first-order valence-corrected chi connectivity index (χ1v) is 5.87. The summed E-state index contributed by atoms with van der Waals surface area (Å²) < 4.78 is 10.8. The Hall–Kier alpha value is -2.00. The van der Waals surface area contributed by atoms with Gasteiger partial charge in [-0.25, -0.2) is 0 Å². The first-order chi connectivity index (χ1) is 8.74. The molecule has 1 heterocycles. The summed E-state index contributed by atoms with van der Waals surface area (Å²) in [5.41, 5.74) is 0.838. The number of ether oxygens (including phenoxy) is 2. The minimum Gasteiger partial charge on any atom is -0.452 e. The van der Waals surface area contributed by atoms with Crippen LogP contribution >= 0.6 is 11.6 Å². The van der Waals surface area contributed by atoms with Crippen molar-refractivity contribution in [3.05, 3.63) is 53.1 Å². The molecule has 0 saturated carbocycles. The smallest absolute Gasteiger partial charge is 0.315 e. The molecule has 0 atom stereocenters. The maximum Gasteiger partial charge on any atom is 0.315 e. The number of carbonyl (C=O) groups excluding carboxylic acids is 1. The summed E-state index contributed by atoms with van der Waals surface area (Å²) >= 11 is 6.02. The molecule has 0 aromatic heterocycles. The molecule has 0 bridgehead atoms. The van der Waals surface area contributed by atoms with Crippen molar-refractivity contribution >= 4 is 17.6 Å². The van der Waals surface area contributed by atoms with Crippen molar-refractivity contribution in [3.8, 4) is 17.2 Å². The molecule has 18 heavy (non-hydrogen) atoms. The quantitative estimate of drug-likeness (QED) is 0.611. The maximum absolute atomic E-state index is 11.3. The first-order valence-electron chi connectivity index (χ1n) is 5.49. The lowest BCUT2D eigenvalue weighted by Gasteiger charge is -2.10. The van der Waals surface area contributed by atoms with Crippen LogP contribution < -0.4 is 9.47 Å².